The molecule has 1 saturated heterocycles. The predicted octanol–water partition coefficient (Wildman–Crippen LogP) is 1.58. The Hall–Kier alpha value is -0.850. The van der Waals surface area contributed by atoms with E-state index in [1.807, 2.05) is 0 Å². The van der Waals surface area contributed by atoms with Gasteiger partial charge in [-0.1, -0.05) is 0 Å². The van der Waals surface area contributed by atoms with Crippen molar-refractivity contribution in [2.24, 2.45) is 0 Å². The van der Waals surface area contributed by atoms with E-state index in [-0.39, 0.29) is 0 Å². The smallest absolute Gasteiger partial charge is 0.485 e. The van der Waals surface area contributed by atoms with Crippen LogP contribution in [0.1, 0.15) is 25.7 Å². The van der Waals surface area contributed by atoms with Gasteiger partial charge in [0.1, 0.15) is 0 Å². The Labute approximate surface area is 111 Å². The Balaban J connectivity index is 0.000000362. The molecule has 1 aliphatic heterocycles. The molecule has 0 aromatic carbocycles. The SMILES string of the molecule is C[N+]1(CCC#N)CCCCC1.O=S(=O)([O-])C(F)(F)F. The van der Waals surface area contributed by atoms with Crippen LogP contribution in [0.25, 0.3) is 0 Å². The zero-order valence-electron chi connectivity index (χ0n) is 10.6. The minimum atomic E-state index is -6.09. The van der Waals surface area contributed by atoms with Crippen molar-refractivity contribution in [3.63, 3.8) is 0 Å². The number of hydrogen-bond donors (Lipinski definition) is 0. The lowest BCUT2D eigenvalue weighted by Crippen LogP contribution is -2.48. The summed E-state index contributed by atoms with van der Waals surface area (Å²) in [6.07, 6.45) is 4.81. The summed E-state index contributed by atoms with van der Waals surface area (Å²) in [7, 11) is -3.82. The number of piperidine rings is 1. The lowest BCUT2D eigenvalue weighted by molar-refractivity contribution is -0.913. The Morgan fingerprint density at radius 2 is 1.68 bits per heavy atom. The second-order valence-corrected chi connectivity index (χ2v) is 6.03. The maximum absolute atomic E-state index is 10.7. The van der Waals surface area contributed by atoms with Gasteiger partial charge in [-0.25, -0.2) is 8.42 Å². The molecule has 1 rings (SSSR count). The molecular weight excluding hydrogens is 285 g/mol. The van der Waals surface area contributed by atoms with E-state index < -0.39 is 15.6 Å². The van der Waals surface area contributed by atoms with Crippen LogP contribution >= 0.6 is 0 Å². The first kappa shape index (κ1) is 18.1. The van der Waals surface area contributed by atoms with Crippen LogP contribution in [0.5, 0.6) is 0 Å². The summed E-state index contributed by atoms with van der Waals surface area (Å²) in [5.41, 5.74) is -5.65. The number of halogens is 3. The first-order valence-corrected chi connectivity index (χ1v) is 7.15. The summed E-state index contributed by atoms with van der Waals surface area (Å²) in [5.74, 6) is 0. The zero-order valence-corrected chi connectivity index (χ0v) is 11.4. The summed E-state index contributed by atoms with van der Waals surface area (Å²) >= 11 is 0. The van der Waals surface area contributed by atoms with E-state index in [1.54, 1.807) is 0 Å². The highest BCUT2D eigenvalue weighted by Gasteiger charge is 2.36. The standard InChI is InChI=1S/C9H17N2.CHF3O3S/c1-11(9-5-6-10)7-3-2-4-8-11;2-1(3,4)8(5,6)7/h2-5,7-9H2,1H3;(H,5,6,7)/q+1;/p-1. The van der Waals surface area contributed by atoms with Gasteiger partial charge in [0.05, 0.1) is 39.2 Å². The van der Waals surface area contributed by atoms with Crippen molar-refractivity contribution in [3.05, 3.63) is 0 Å². The summed E-state index contributed by atoms with van der Waals surface area (Å²) < 4.78 is 60.0. The molecule has 1 fully saturated rings. The largest absolute Gasteiger partial charge is 0.741 e. The molecule has 0 unspecified atom stereocenters. The first-order chi connectivity index (χ1) is 8.52. The fourth-order valence-electron chi connectivity index (χ4n) is 1.82. The van der Waals surface area contributed by atoms with Crippen LogP contribution in [0.2, 0.25) is 0 Å². The molecule has 1 heterocycles. The van der Waals surface area contributed by atoms with Gasteiger partial charge in [0, 0.05) is 0 Å². The molecule has 0 aliphatic carbocycles. The lowest BCUT2D eigenvalue weighted by atomic mass is 10.1. The van der Waals surface area contributed by atoms with E-state index in [4.69, 9.17) is 18.2 Å². The van der Waals surface area contributed by atoms with Gasteiger partial charge in [0.25, 0.3) is 0 Å². The van der Waals surface area contributed by atoms with E-state index in [2.05, 4.69) is 13.1 Å². The van der Waals surface area contributed by atoms with Gasteiger partial charge in [0.2, 0.25) is 0 Å². The van der Waals surface area contributed by atoms with E-state index >= 15 is 0 Å². The molecule has 1 aliphatic rings. The molecule has 19 heavy (non-hydrogen) atoms. The van der Waals surface area contributed by atoms with E-state index in [0.29, 0.717) is 0 Å². The Bertz CT molecular complexity index is 409. The van der Waals surface area contributed by atoms with Crippen LogP contribution in [0.3, 0.4) is 0 Å². The fraction of sp³-hybridized carbons (Fsp3) is 0.900. The first-order valence-electron chi connectivity index (χ1n) is 5.74. The molecule has 9 heteroatoms. The van der Waals surface area contributed by atoms with Gasteiger partial charge >= 0.3 is 5.51 Å². The van der Waals surface area contributed by atoms with Crippen molar-refractivity contribution in [1.29, 1.82) is 5.26 Å². The van der Waals surface area contributed by atoms with Gasteiger partial charge in [0.15, 0.2) is 10.1 Å². The second-order valence-electron chi connectivity index (χ2n) is 4.66. The summed E-state index contributed by atoms with van der Waals surface area (Å²) in [6, 6.07) is 2.22. The van der Waals surface area contributed by atoms with Crippen molar-refractivity contribution >= 4 is 10.1 Å². The molecule has 0 atom stereocenters. The van der Waals surface area contributed by atoms with Crippen LogP contribution < -0.4 is 0 Å². The number of alkyl halides is 3. The zero-order chi connectivity index (χ0) is 15.2. The molecule has 0 N–H and O–H groups in total. The number of hydrogen-bond acceptors (Lipinski definition) is 4. The summed E-state index contributed by atoms with van der Waals surface area (Å²) in [4.78, 5) is 0. The van der Waals surface area contributed by atoms with Gasteiger partial charge < -0.3 is 9.04 Å². The number of rotatable bonds is 2. The topological polar surface area (TPSA) is 81.0 Å². The van der Waals surface area contributed by atoms with E-state index in [0.717, 1.165) is 17.4 Å². The minimum Gasteiger partial charge on any atom is -0.741 e. The number of quaternary nitrogens is 1. The van der Waals surface area contributed by atoms with Crippen LogP contribution in [-0.4, -0.2) is 49.6 Å². The number of likely N-dealkylation sites (tertiary alicyclic amines) is 1. The third kappa shape index (κ3) is 7.34. The van der Waals surface area contributed by atoms with Crippen LogP contribution in [0, 0.1) is 11.3 Å². The van der Waals surface area contributed by atoms with Crippen molar-refractivity contribution in [1.82, 2.24) is 0 Å². The van der Waals surface area contributed by atoms with Crippen molar-refractivity contribution in [3.8, 4) is 6.07 Å². The fourth-order valence-corrected chi connectivity index (χ4v) is 1.82. The van der Waals surface area contributed by atoms with Crippen molar-refractivity contribution in [2.45, 2.75) is 31.2 Å². The predicted molar refractivity (Wildman–Crippen MR) is 60.6 cm³/mol. The minimum absolute atomic E-state index is 0.719. The quantitative estimate of drug-likeness (QED) is 0.440. The number of nitriles is 1. The Morgan fingerprint density at radius 3 is 2.00 bits per heavy atom. The van der Waals surface area contributed by atoms with Crippen LogP contribution in [-0.2, 0) is 10.1 Å². The molecule has 0 saturated carbocycles. The Morgan fingerprint density at radius 1 is 1.26 bits per heavy atom. The summed E-state index contributed by atoms with van der Waals surface area (Å²) in [5, 5.41) is 8.45. The maximum atomic E-state index is 10.7. The van der Waals surface area contributed by atoms with Crippen LogP contribution in [0.15, 0.2) is 0 Å². The monoisotopic (exact) mass is 302 g/mol. The molecule has 0 aromatic heterocycles. The van der Waals surface area contributed by atoms with Crippen molar-refractivity contribution in [2.75, 3.05) is 26.7 Å². The molecule has 0 aromatic rings. The van der Waals surface area contributed by atoms with Gasteiger partial charge in [-0.15, -0.1) is 0 Å². The molecule has 112 valence electrons. The molecule has 0 spiro atoms. The summed E-state index contributed by atoms with van der Waals surface area (Å²) in [6.45, 7) is 3.61. The van der Waals surface area contributed by atoms with Gasteiger partial charge in [-0.2, -0.15) is 18.4 Å². The lowest BCUT2D eigenvalue weighted by Gasteiger charge is -2.37. The molecular formula is C10H17F3N2O3S. The average Bonchev–Trinajstić information content (AvgIpc) is 2.26. The molecule has 0 amide bonds. The Kier molecular flexibility index (Phi) is 6.76. The van der Waals surface area contributed by atoms with E-state index in [9.17, 15) is 13.2 Å². The highest BCUT2D eigenvalue weighted by molar-refractivity contribution is 7.86. The van der Waals surface area contributed by atoms with Gasteiger partial charge in [-0.05, 0) is 19.3 Å². The molecule has 0 bridgehead atoms. The third-order valence-electron chi connectivity index (χ3n) is 2.94. The average molecular weight is 302 g/mol. The van der Waals surface area contributed by atoms with Gasteiger partial charge in [-0.3, -0.25) is 0 Å². The van der Waals surface area contributed by atoms with Crippen molar-refractivity contribution < 1.29 is 30.6 Å². The number of nitrogens with zero attached hydrogens (tertiary/aromatic N) is 2. The van der Waals surface area contributed by atoms with E-state index in [1.165, 1.54) is 32.4 Å². The van der Waals surface area contributed by atoms with Crippen LogP contribution in [0.4, 0.5) is 13.2 Å². The third-order valence-corrected chi connectivity index (χ3v) is 3.51. The highest BCUT2D eigenvalue weighted by Crippen LogP contribution is 2.20. The molecule has 5 nitrogen and oxygen atoms in total. The maximum Gasteiger partial charge on any atom is 0.485 e. The molecule has 0 radical (unpaired) electrons. The normalized spacial score (nSPS) is 18.9. The second kappa shape index (κ2) is 7.07. The highest BCUT2D eigenvalue weighted by atomic mass is 32.2.